The number of hydrogen-bond acceptors (Lipinski definition) is 8. The summed E-state index contributed by atoms with van der Waals surface area (Å²) in [5.41, 5.74) is 4.62. The number of ether oxygens (including phenoxy) is 2. The normalized spacial score (nSPS) is 10.9. The van der Waals surface area contributed by atoms with Crippen LogP contribution >= 0.6 is 11.7 Å². The van der Waals surface area contributed by atoms with Crippen LogP contribution in [0.3, 0.4) is 0 Å². The molecule has 9 nitrogen and oxygen atoms in total. The van der Waals surface area contributed by atoms with Crippen molar-refractivity contribution in [3.8, 4) is 11.8 Å². The average molecular weight is 467 g/mol. The molecule has 0 aliphatic rings. The first-order valence-electron chi connectivity index (χ1n) is 10.4. The fourth-order valence-electron chi connectivity index (χ4n) is 3.56. The van der Waals surface area contributed by atoms with E-state index in [1.807, 2.05) is 37.3 Å². The zero-order valence-corrected chi connectivity index (χ0v) is 18.7. The third-order valence-corrected chi connectivity index (χ3v) is 5.60. The summed E-state index contributed by atoms with van der Waals surface area (Å²) in [5, 5.41) is 13.8. The van der Waals surface area contributed by atoms with Gasteiger partial charge in [-0.05, 0) is 35.2 Å². The molecule has 33 heavy (non-hydrogen) atoms. The molecule has 2 heterocycles. The van der Waals surface area contributed by atoms with Gasteiger partial charge in [0, 0.05) is 6.42 Å². The number of fused-ring (bicyclic) bond motifs is 1. The number of carbonyl (C=O) groups is 2. The lowest BCUT2D eigenvalue weighted by Gasteiger charge is -2.10. The summed E-state index contributed by atoms with van der Waals surface area (Å²) < 4.78 is 21.3. The van der Waals surface area contributed by atoms with Gasteiger partial charge in [0.05, 0.1) is 36.9 Å². The number of aliphatic carboxylic acids is 1. The third-order valence-electron chi connectivity index (χ3n) is 5.04. The number of rotatable bonds is 11. The molecule has 4 rings (SSSR count). The van der Waals surface area contributed by atoms with Crippen LogP contribution in [0.2, 0.25) is 0 Å². The van der Waals surface area contributed by atoms with Crippen LogP contribution in [0.5, 0.6) is 11.8 Å². The number of nitrogens with zero attached hydrogens (tertiary/aromatic N) is 4. The molecule has 0 bridgehead atoms. The molecule has 0 saturated heterocycles. The van der Waals surface area contributed by atoms with Gasteiger partial charge in [0.1, 0.15) is 11.0 Å². The van der Waals surface area contributed by atoms with Gasteiger partial charge in [-0.15, -0.1) is 5.10 Å². The number of hydrogen-bond donors (Lipinski definition) is 1. The molecule has 0 unspecified atom stereocenters. The maximum Gasteiger partial charge on any atom is 0.307 e. The smallest absolute Gasteiger partial charge is 0.307 e. The molecule has 0 aliphatic carbocycles. The maximum absolute atomic E-state index is 11.4. The second kappa shape index (κ2) is 10.2. The Hall–Kier alpha value is -3.79. The van der Waals surface area contributed by atoms with Crippen molar-refractivity contribution in [3.63, 3.8) is 0 Å². The van der Waals surface area contributed by atoms with Crippen LogP contribution in [-0.2, 0) is 29.0 Å². The molecule has 0 fully saturated rings. The van der Waals surface area contributed by atoms with Crippen molar-refractivity contribution >= 4 is 35.2 Å². The molecule has 10 heteroatoms. The Balaban J connectivity index is 1.73. The topological polar surface area (TPSA) is 116 Å². The first kappa shape index (κ1) is 22.4. The van der Waals surface area contributed by atoms with E-state index in [9.17, 15) is 14.7 Å². The maximum atomic E-state index is 11.4. The number of carboxylic acids is 1. The lowest BCUT2D eigenvalue weighted by atomic mass is 10.0. The summed E-state index contributed by atoms with van der Waals surface area (Å²) in [7, 11) is 0. The van der Waals surface area contributed by atoms with E-state index in [1.54, 1.807) is 16.8 Å². The van der Waals surface area contributed by atoms with E-state index < -0.39 is 5.97 Å². The van der Waals surface area contributed by atoms with Crippen molar-refractivity contribution in [2.45, 2.75) is 32.7 Å². The Kier molecular flexibility index (Phi) is 6.94. The highest BCUT2D eigenvalue weighted by atomic mass is 32.1. The number of carboxylic acid groups (broad SMARTS) is 1. The Morgan fingerprint density at radius 1 is 1.15 bits per heavy atom. The second-order valence-corrected chi connectivity index (χ2v) is 7.94. The van der Waals surface area contributed by atoms with Crippen molar-refractivity contribution in [2.75, 3.05) is 6.61 Å². The Labute approximate surface area is 193 Å². The third kappa shape index (κ3) is 5.17. The number of carbonyl (C=O) groups excluding carboxylic acids is 1. The van der Waals surface area contributed by atoms with Gasteiger partial charge in [0.25, 0.3) is 6.47 Å². The first-order valence-corrected chi connectivity index (χ1v) is 11.1. The average Bonchev–Trinajstić information content (AvgIpc) is 3.39. The Morgan fingerprint density at radius 3 is 2.70 bits per heavy atom. The molecule has 1 N–H and O–H groups in total. The van der Waals surface area contributed by atoms with Crippen molar-refractivity contribution in [1.29, 1.82) is 0 Å². The second-order valence-electron chi connectivity index (χ2n) is 7.41. The van der Waals surface area contributed by atoms with Gasteiger partial charge in [-0.1, -0.05) is 37.3 Å². The first-order chi connectivity index (χ1) is 16.1. The summed E-state index contributed by atoms with van der Waals surface area (Å²) in [6.45, 7) is 3.03. The molecular weight excluding hydrogens is 444 g/mol. The summed E-state index contributed by atoms with van der Waals surface area (Å²) in [4.78, 5) is 22.6. The van der Waals surface area contributed by atoms with Crippen molar-refractivity contribution in [2.24, 2.45) is 0 Å². The highest BCUT2D eigenvalue weighted by Gasteiger charge is 2.22. The van der Waals surface area contributed by atoms with Gasteiger partial charge < -0.3 is 14.6 Å². The van der Waals surface area contributed by atoms with Gasteiger partial charge >= 0.3 is 5.97 Å². The summed E-state index contributed by atoms with van der Waals surface area (Å²) in [5.74, 6) is -0.287. The van der Waals surface area contributed by atoms with Crippen LogP contribution in [0, 0.1) is 0 Å². The van der Waals surface area contributed by atoms with E-state index in [-0.39, 0.29) is 18.8 Å². The van der Waals surface area contributed by atoms with Gasteiger partial charge in [0.2, 0.25) is 11.8 Å². The van der Waals surface area contributed by atoms with Gasteiger partial charge in [0.15, 0.2) is 0 Å². The van der Waals surface area contributed by atoms with Crippen LogP contribution in [0.15, 0.2) is 42.5 Å². The SMILES string of the molecule is CCCOc1nn(Cc2ccccc2CC(=O)O)c(OC=O)c1Cc1ccc2nsnc2c1. The van der Waals surface area contributed by atoms with E-state index in [0.717, 1.165) is 40.3 Å². The molecule has 170 valence electrons. The lowest BCUT2D eigenvalue weighted by molar-refractivity contribution is -0.136. The molecule has 2 aromatic carbocycles. The van der Waals surface area contributed by atoms with Gasteiger partial charge in [-0.3, -0.25) is 9.59 Å². The molecule has 4 aromatic rings. The molecule has 0 amide bonds. The zero-order valence-electron chi connectivity index (χ0n) is 17.9. The minimum Gasteiger partial charge on any atom is -0.481 e. The van der Waals surface area contributed by atoms with E-state index >= 15 is 0 Å². The van der Waals surface area contributed by atoms with E-state index in [1.165, 1.54) is 0 Å². The monoisotopic (exact) mass is 466 g/mol. The van der Waals surface area contributed by atoms with Crippen molar-refractivity contribution < 1.29 is 24.2 Å². The molecule has 0 atom stereocenters. The Bertz CT molecular complexity index is 1280. The lowest BCUT2D eigenvalue weighted by Crippen LogP contribution is -2.10. The van der Waals surface area contributed by atoms with Crippen molar-refractivity contribution in [1.82, 2.24) is 18.5 Å². The quantitative estimate of drug-likeness (QED) is 0.334. The molecule has 0 radical (unpaired) electrons. The standard InChI is InChI=1S/C23H22N4O5S/c1-2-9-31-22-18(10-15-7-8-19-20(11-15)26-33-25-19)23(32-14-28)27(24-22)13-17-6-4-3-5-16(17)12-21(29)30/h3-8,11,14H,2,9-10,12-13H2,1H3,(H,29,30). The van der Waals surface area contributed by atoms with Crippen LogP contribution < -0.4 is 9.47 Å². The number of aromatic nitrogens is 4. The Morgan fingerprint density at radius 2 is 1.94 bits per heavy atom. The van der Waals surface area contributed by atoms with Crippen LogP contribution in [0.4, 0.5) is 0 Å². The fourth-order valence-corrected chi connectivity index (χ4v) is 4.08. The largest absolute Gasteiger partial charge is 0.481 e. The minimum atomic E-state index is -0.924. The fraction of sp³-hybridized carbons (Fsp3) is 0.261. The summed E-state index contributed by atoms with van der Waals surface area (Å²) >= 11 is 1.15. The van der Waals surface area contributed by atoms with Crippen molar-refractivity contribution in [3.05, 3.63) is 64.7 Å². The number of benzene rings is 2. The van der Waals surface area contributed by atoms with Gasteiger partial charge in [-0.2, -0.15) is 8.75 Å². The predicted molar refractivity (Wildman–Crippen MR) is 122 cm³/mol. The highest BCUT2D eigenvalue weighted by molar-refractivity contribution is 7.00. The molecule has 0 spiro atoms. The molecular formula is C23H22N4O5S. The van der Waals surface area contributed by atoms with Crippen LogP contribution in [0.1, 0.15) is 35.6 Å². The van der Waals surface area contributed by atoms with E-state index in [0.29, 0.717) is 36.5 Å². The molecule has 0 saturated carbocycles. The summed E-state index contributed by atoms with van der Waals surface area (Å²) in [6.07, 6.45) is 1.08. The molecule has 0 aliphatic heterocycles. The van der Waals surface area contributed by atoms with Gasteiger partial charge in [-0.25, -0.2) is 4.68 Å². The van der Waals surface area contributed by atoms with Crippen LogP contribution in [-0.4, -0.2) is 42.7 Å². The molecule has 2 aromatic heterocycles. The van der Waals surface area contributed by atoms with E-state index in [4.69, 9.17) is 9.47 Å². The summed E-state index contributed by atoms with van der Waals surface area (Å²) in [6, 6.07) is 13.0. The van der Waals surface area contributed by atoms with E-state index in [2.05, 4.69) is 13.8 Å². The predicted octanol–water partition coefficient (Wildman–Crippen LogP) is 3.48. The van der Waals surface area contributed by atoms with Crippen LogP contribution in [0.25, 0.3) is 11.0 Å². The zero-order chi connectivity index (χ0) is 23.2. The highest BCUT2D eigenvalue weighted by Crippen LogP contribution is 2.32. The minimum absolute atomic E-state index is 0.116.